The summed E-state index contributed by atoms with van der Waals surface area (Å²) in [5.41, 5.74) is 1.68. The Morgan fingerprint density at radius 3 is 2.29 bits per heavy atom. The lowest BCUT2D eigenvalue weighted by Gasteiger charge is -2.23. The van der Waals surface area contributed by atoms with Gasteiger partial charge in [0, 0.05) is 17.5 Å². The third kappa shape index (κ3) is 2.52. The van der Waals surface area contributed by atoms with E-state index >= 15 is 0 Å². The number of benzene rings is 3. The van der Waals surface area contributed by atoms with E-state index in [0.29, 0.717) is 12.1 Å². The SMILES string of the molecule is CCN(C(=O)c1ccccc1)c1cccc2ccccc12. The van der Waals surface area contributed by atoms with Crippen molar-refractivity contribution in [3.05, 3.63) is 78.4 Å². The number of nitrogens with zero attached hydrogens (tertiary/aromatic N) is 1. The molecule has 0 unspecified atom stereocenters. The van der Waals surface area contributed by atoms with E-state index in [-0.39, 0.29) is 5.91 Å². The summed E-state index contributed by atoms with van der Waals surface area (Å²) in [4.78, 5) is 14.6. The molecule has 0 aromatic heterocycles. The summed E-state index contributed by atoms with van der Waals surface area (Å²) in [7, 11) is 0. The number of carbonyl (C=O) groups is 1. The largest absolute Gasteiger partial charge is 0.308 e. The zero-order chi connectivity index (χ0) is 14.7. The minimum atomic E-state index is 0.0365. The van der Waals surface area contributed by atoms with Gasteiger partial charge in [0.15, 0.2) is 0 Å². The zero-order valence-corrected chi connectivity index (χ0v) is 12.0. The van der Waals surface area contributed by atoms with Gasteiger partial charge >= 0.3 is 0 Å². The van der Waals surface area contributed by atoms with Crippen molar-refractivity contribution in [2.24, 2.45) is 0 Å². The third-order valence-corrected chi connectivity index (χ3v) is 3.64. The van der Waals surface area contributed by atoms with Gasteiger partial charge in [-0.1, -0.05) is 54.6 Å². The van der Waals surface area contributed by atoms with Crippen LogP contribution in [0.1, 0.15) is 17.3 Å². The number of rotatable bonds is 3. The second-order valence-corrected chi connectivity index (χ2v) is 4.91. The average Bonchev–Trinajstić information content (AvgIpc) is 2.56. The fourth-order valence-electron chi connectivity index (χ4n) is 2.60. The summed E-state index contributed by atoms with van der Waals surface area (Å²) < 4.78 is 0. The molecule has 0 heterocycles. The Balaban J connectivity index is 2.09. The molecule has 3 aromatic rings. The molecule has 0 fully saturated rings. The lowest BCUT2D eigenvalue weighted by atomic mass is 10.1. The lowest BCUT2D eigenvalue weighted by molar-refractivity contribution is 0.0988. The molecular formula is C19H17NO. The van der Waals surface area contributed by atoms with Crippen LogP contribution in [0.2, 0.25) is 0 Å². The monoisotopic (exact) mass is 275 g/mol. The van der Waals surface area contributed by atoms with E-state index in [0.717, 1.165) is 16.5 Å². The maximum absolute atomic E-state index is 12.7. The van der Waals surface area contributed by atoms with Crippen LogP contribution < -0.4 is 4.90 Å². The molecule has 0 aliphatic carbocycles. The molecule has 0 spiro atoms. The molecule has 3 aromatic carbocycles. The molecule has 2 nitrogen and oxygen atoms in total. The van der Waals surface area contributed by atoms with Crippen LogP contribution in [0.4, 0.5) is 5.69 Å². The first-order valence-corrected chi connectivity index (χ1v) is 7.16. The fourth-order valence-corrected chi connectivity index (χ4v) is 2.60. The summed E-state index contributed by atoms with van der Waals surface area (Å²) in [5, 5.41) is 2.25. The summed E-state index contributed by atoms with van der Waals surface area (Å²) >= 11 is 0. The highest BCUT2D eigenvalue weighted by atomic mass is 16.2. The van der Waals surface area contributed by atoms with Gasteiger partial charge in [-0.25, -0.2) is 0 Å². The summed E-state index contributed by atoms with van der Waals surface area (Å²) in [5.74, 6) is 0.0365. The normalized spacial score (nSPS) is 10.5. The number of amides is 1. The second kappa shape index (κ2) is 5.80. The fraction of sp³-hybridized carbons (Fsp3) is 0.105. The highest BCUT2D eigenvalue weighted by Crippen LogP contribution is 2.27. The van der Waals surface area contributed by atoms with E-state index < -0.39 is 0 Å². The highest BCUT2D eigenvalue weighted by Gasteiger charge is 2.17. The number of hydrogen-bond donors (Lipinski definition) is 0. The third-order valence-electron chi connectivity index (χ3n) is 3.64. The minimum Gasteiger partial charge on any atom is -0.308 e. The van der Waals surface area contributed by atoms with Crippen LogP contribution in [0.5, 0.6) is 0 Å². The van der Waals surface area contributed by atoms with E-state index in [4.69, 9.17) is 0 Å². The maximum Gasteiger partial charge on any atom is 0.258 e. The van der Waals surface area contributed by atoms with Gasteiger partial charge in [0.25, 0.3) is 5.91 Å². The van der Waals surface area contributed by atoms with Crippen LogP contribution >= 0.6 is 0 Å². The Morgan fingerprint density at radius 2 is 1.52 bits per heavy atom. The number of fused-ring (bicyclic) bond motifs is 1. The second-order valence-electron chi connectivity index (χ2n) is 4.91. The molecule has 0 radical (unpaired) electrons. The van der Waals surface area contributed by atoms with Gasteiger partial charge in [-0.15, -0.1) is 0 Å². The van der Waals surface area contributed by atoms with Gasteiger partial charge in [-0.2, -0.15) is 0 Å². The highest BCUT2D eigenvalue weighted by molar-refractivity contribution is 6.10. The standard InChI is InChI=1S/C19H17NO/c1-2-20(19(21)16-10-4-3-5-11-16)18-14-8-12-15-9-6-7-13-17(15)18/h3-14H,2H2,1H3. The molecule has 1 amide bonds. The predicted molar refractivity (Wildman–Crippen MR) is 87.7 cm³/mol. The zero-order valence-electron chi connectivity index (χ0n) is 12.0. The van der Waals surface area contributed by atoms with E-state index in [1.54, 1.807) is 0 Å². The van der Waals surface area contributed by atoms with Crippen LogP contribution in [0.3, 0.4) is 0 Å². The number of carbonyl (C=O) groups excluding carboxylic acids is 1. The Labute approximate surface area is 124 Å². The Kier molecular flexibility index (Phi) is 3.69. The number of hydrogen-bond acceptors (Lipinski definition) is 1. The quantitative estimate of drug-likeness (QED) is 0.689. The van der Waals surface area contributed by atoms with Crippen molar-refractivity contribution in [2.45, 2.75) is 6.92 Å². The van der Waals surface area contributed by atoms with Gasteiger partial charge in [0.2, 0.25) is 0 Å². The molecule has 0 saturated heterocycles. The molecule has 0 N–H and O–H groups in total. The molecule has 104 valence electrons. The molecule has 21 heavy (non-hydrogen) atoms. The Morgan fingerprint density at radius 1 is 0.857 bits per heavy atom. The van der Waals surface area contributed by atoms with Gasteiger partial charge in [0.05, 0.1) is 5.69 Å². The summed E-state index contributed by atoms with van der Waals surface area (Å²) in [6, 6.07) is 23.6. The first kappa shape index (κ1) is 13.4. The van der Waals surface area contributed by atoms with Crippen molar-refractivity contribution in [1.29, 1.82) is 0 Å². The summed E-state index contributed by atoms with van der Waals surface area (Å²) in [6.07, 6.45) is 0. The lowest BCUT2D eigenvalue weighted by Crippen LogP contribution is -2.30. The molecule has 3 rings (SSSR count). The molecule has 0 saturated carbocycles. The van der Waals surface area contributed by atoms with Crippen molar-refractivity contribution in [3.63, 3.8) is 0 Å². The van der Waals surface area contributed by atoms with Crippen LogP contribution in [-0.4, -0.2) is 12.5 Å². The van der Waals surface area contributed by atoms with Crippen LogP contribution in [0.25, 0.3) is 10.8 Å². The van der Waals surface area contributed by atoms with Crippen LogP contribution in [0, 0.1) is 0 Å². The molecule has 0 aliphatic heterocycles. The van der Waals surface area contributed by atoms with Crippen molar-refractivity contribution < 1.29 is 4.79 Å². The predicted octanol–water partition coefficient (Wildman–Crippen LogP) is 4.51. The smallest absolute Gasteiger partial charge is 0.258 e. The first-order chi connectivity index (χ1) is 10.3. The molecule has 2 heteroatoms. The molecule has 0 bridgehead atoms. The first-order valence-electron chi connectivity index (χ1n) is 7.16. The minimum absolute atomic E-state index is 0.0365. The Bertz CT molecular complexity index is 759. The van der Waals surface area contributed by atoms with Crippen LogP contribution in [0.15, 0.2) is 72.8 Å². The topological polar surface area (TPSA) is 20.3 Å². The average molecular weight is 275 g/mol. The van der Waals surface area contributed by atoms with E-state index in [2.05, 4.69) is 18.2 Å². The summed E-state index contributed by atoms with van der Waals surface area (Å²) in [6.45, 7) is 2.64. The van der Waals surface area contributed by atoms with E-state index in [1.165, 1.54) is 0 Å². The van der Waals surface area contributed by atoms with Crippen molar-refractivity contribution >= 4 is 22.4 Å². The molecular weight excluding hydrogens is 258 g/mol. The van der Waals surface area contributed by atoms with E-state index in [1.807, 2.05) is 66.4 Å². The van der Waals surface area contributed by atoms with Crippen molar-refractivity contribution in [3.8, 4) is 0 Å². The molecule has 0 aliphatic rings. The van der Waals surface area contributed by atoms with Crippen molar-refractivity contribution in [1.82, 2.24) is 0 Å². The maximum atomic E-state index is 12.7. The van der Waals surface area contributed by atoms with Gasteiger partial charge < -0.3 is 4.90 Å². The van der Waals surface area contributed by atoms with E-state index in [9.17, 15) is 4.79 Å². The Hall–Kier alpha value is -2.61. The van der Waals surface area contributed by atoms with Gasteiger partial charge in [0.1, 0.15) is 0 Å². The number of anilines is 1. The van der Waals surface area contributed by atoms with Gasteiger partial charge in [-0.3, -0.25) is 4.79 Å². The van der Waals surface area contributed by atoms with Gasteiger partial charge in [-0.05, 0) is 30.5 Å². The van der Waals surface area contributed by atoms with Crippen LogP contribution in [-0.2, 0) is 0 Å². The molecule has 0 atom stereocenters. The van der Waals surface area contributed by atoms with Crippen molar-refractivity contribution in [2.75, 3.05) is 11.4 Å².